The molecule has 0 radical (unpaired) electrons. The zero-order chi connectivity index (χ0) is 9.47. The summed E-state index contributed by atoms with van der Waals surface area (Å²) in [6.07, 6.45) is 7.00. The molecule has 1 heterocycles. The Morgan fingerprint density at radius 1 is 1.38 bits per heavy atom. The second-order valence-corrected chi connectivity index (χ2v) is 4.38. The van der Waals surface area contributed by atoms with Gasteiger partial charge in [-0.3, -0.25) is 0 Å². The van der Waals surface area contributed by atoms with Crippen LogP contribution in [0.1, 0.15) is 36.9 Å². The molecule has 72 valence electrons. The van der Waals surface area contributed by atoms with Crippen LogP contribution >= 0.6 is 0 Å². The van der Waals surface area contributed by atoms with E-state index in [0.717, 1.165) is 12.8 Å². The first-order chi connectivity index (χ1) is 6.12. The fourth-order valence-electron chi connectivity index (χ4n) is 2.49. The van der Waals surface area contributed by atoms with E-state index in [2.05, 4.69) is 30.8 Å². The highest BCUT2D eigenvalue weighted by molar-refractivity contribution is 5.24. The van der Waals surface area contributed by atoms with Crippen molar-refractivity contribution in [2.24, 2.45) is 12.8 Å². The monoisotopic (exact) mass is 178 g/mol. The number of nitrogens with zero attached hydrogens (tertiary/aromatic N) is 1. The van der Waals surface area contributed by atoms with Crippen molar-refractivity contribution in [3.8, 4) is 0 Å². The zero-order valence-electron chi connectivity index (χ0n) is 8.51. The average molecular weight is 178 g/mol. The molecule has 1 aliphatic carbocycles. The molecule has 2 rings (SSSR count). The van der Waals surface area contributed by atoms with E-state index >= 15 is 0 Å². The van der Waals surface area contributed by atoms with Gasteiger partial charge >= 0.3 is 0 Å². The van der Waals surface area contributed by atoms with Gasteiger partial charge < -0.3 is 10.3 Å². The first kappa shape index (κ1) is 8.82. The minimum absolute atomic E-state index is 0.0387. The van der Waals surface area contributed by atoms with Crippen molar-refractivity contribution in [2.45, 2.75) is 38.1 Å². The maximum Gasteiger partial charge on any atom is 0.0563 e. The van der Waals surface area contributed by atoms with Gasteiger partial charge in [-0.2, -0.15) is 0 Å². The number of hydrogen-bond donors (Lipinski definition) is 1. The molecule has 1 fully saturated rings. The number of aromatic nitrogens is 1. The van der Waals surface area contributed by atoms with Crippen molar-refractivity contribution in [1.29, 1.82) is 0 Å². The van der Waals surface area contributed by atoms with Crippen molar-refractivity contribution < 1.29 is 0 Å². The molecule has 2 nitrogen and oxygen atoms in total. The topological polar surface area (TPSA) is 30.9 Å². The second-order valence-electron chi connectivity index (χ2n) is 4.38. The molecule has 0 saturated heterocycles. The molecule has 2 N–H and O–H groups in total. The number of aryl methyl sites for hydroxylation is 2. The summed E-state index contributed by atoms with van der Waals surface area (Å²) in [5, 5.41) is 0. The highest BCUT2D eigenvalue weighted by atomic mass is 15.0. The summed E-state index contributed by atoms with van der Waals surface area (Å²) in [5.41, 5.74) is 8.96. The minimum atomic E-state index is -0.0387. The Morgan fingerprint density at radius 2 is 2.00 bits per heavy atom. The van der Waals surface area contributed by atoms with E-state index in [1.165, 1.54) is 24.1 Å². The van der Waals surface area contributed by atoms with Crippen molar-refractivity contribution >= 4 is 0 Å². The van der Waals surface area contributed by atoms with Gasteiger partial charge in [0, 0.05) is 18.9 Å². The molecular formula is C11H18N2. The predicted molar refractivity (Wildman–Crippen MR) is 54.5 cm³/mol. The van der Waals surface area contributed by atoms with Crippen molar-refractivity contribution in [1.82, 2.24) is 4.57 Å². The van der Waals surface area contributed by atoms with Gasteiger partial charge in [0.25, 0.3) is 0 Å². The van der Waals surface area contributed by atoms with Crippen LogP contribution < -0.4 is 5.73 Å². The third-order valence-electron chi connectivity index (χ3n) is 3.15. The minimum Gasteiger partial charge on any atom is -0.353 e. The smallest absolute Gasteiger partial charge is 0.0563 e. The summed E-state index contributed by atoms with van der Waals surface area (Å²) < 4.78 is 2.18. The van der Waals surface area contributed by atoms with Gasteiger partial charge in [0.2, 0.25) is 0 Å². The summed E-state index contributed by atoms with van der Waals surface area (Å²) in [6, 6.07) is 2.23. The van der Waals surface area contributed by atoms with Crippen molar-refractivity contribution in [3.05, 3.63) is 23.5 Å². The molecule has 1 aliphatic rings. The standard InChI is InChI=1S/C11H18N2/c1-9-7-10(13(2)8-9)11(12)5-3-4-6-11/h7-8H,3-6,12H2,1-2H3. The number of nitrogens with two attached hydrogens (primary N) is 1. The van der Waals surface area contributed by atoms with E-state index in [1.807, 2.05) is 0 Å². The maximum atomic E-state index is 6.37. The highest BCUT2D eigenvalue weighted by Crippen LogP contribution is 2.36. The summed E-state index contributed by atoms with van der Waals surface area (Å²) in [4.78, 5) is 0. The van der Waals surface area contributed by atoms with E-state index in [0.29, 0.717) is 0 Å². The average Bonchev–Trinajstić information content (AvgIpc) is 2.59. The summed E-state index contributed by atoms with van der Waals surface area (Å²) >= 11 is 0. The first-order valence-corrected chi connectivity index (χ1v) is 5.04. The number of rotatable bonds is 1. The molecule has 2 heteroatoms. The summed E-state index contributed by atoms with van der Waals surface area (Å²) in [7, 11) is 2.09. The first-order valence-electron chi connectivity index (χ1n) is 5.04. The predicted octanol–water partition coefficient (Wildman–Crippen LogP) is 2.06. The van der Waals surface area contributed by atoms with Crippen LogP contribution in [0.3, 0.4) is 0 Å². The van der Waals surface area contributed by atoms with Crippen LogP contribution in [0.4, 0.5) is 0 Å². The second kappa shape index (κ2) is 2.88. The Kier molecular flexibility index (Phi) is 1.95. The molecule has 0 aliphatic heterocycles. The van der Waals surface area contributed by atoms with Gasteiger partial charge in [-0.15, -0.1) is 0 Å². The fraction of sp³-hybridized carbons (Fsp3) is 0.636. The molecule has 0 unspecified atom stereocenters. The van der Waals surface area contributed by atoms with Crippen LogP contribution in [0.2, 0.25) is 0 Å². The van der Waals surface area contributed by atoms with E-state index in [1.54, 1.807) is 0 Å². The van der Waals surface area contributed by atoms with E-state index in [4.69, 9.17) is 5.73 Å². The lowest BCUT2D eigenvalue weighted by Gasteiger charge is -2.24. The van der Waals surface area contributed by atoms with Gasteiger partial charge in [-0.25, -0.2) is 0 Å². The van der Waals surface area contributed by atoms with Gasteiger partial charge in [0.15, 0.2) is 0 Å². The largest absolute Gasteiger partial charge is 0.353 e. The number of hydrogen-bond acceptors (Lipinski definition) is 1. The van der Waals surface area contributed by atoms with Crippen LogP contribution in [0, 0.1) is 6.92 Å². The third-order valence-corrected chi connectivity index (χ3v) is 3.15. The normalized spacial score (nSPS) is 20.8. The van der Waals surface area contributed by atoms with Crippen LogP contribution in [0.5, 0.6) is 0 Å². The van der Waals surface area contributed by atoms with Crippen LogP contribution in [0.15, 0.2) is 12.3 Å². The van der Waals surface area contributed by atoms with E-state index < -0.39 is 0 Å². The van der Waals surface area contributed by atoms with Crippen LogP contribution in [-0.4, -0.2) is 4.57 Å². The molecule has 0 amide bonds. The van der Waals surface area contributed by atoms with Crippen molar-refractivity contribution in [2.75, 3.05) is 0 Å². The van der Waals surface area contributed by atoms with E-state index in [9.17, 15) is 0 Å². The Labute approximate surface area is 79.7 Å². The Balaban J connectivity index is 2.38. The maximum absolute atomic E-state index is 6.37. The molecule has 0 atom stereocenters. The summed E-state index contributed by atoms with van der Waals surface area (Å²) in [6.45, 7) is 2.13. The molecule has 1 saturated carbocycles. The Bertz CT molecular complexity index is 306. The molecule has 0 aromatic carbocycles. The quantitative estimate of drug-likeness (QED) is 0.701. The lowest BCUT2D eigenvalue weighted by molar-refractivity contribution is 0.432. The van der Waals surface area contributed by atoms with E-state index in [-0.39, 0.29) is 5.54 Å². The molecular weight excluding hydrogens is 160 g/mol. The fourth-order valence-corrected chi connectivity index (χ4v) is 2.49. The van der Waals surface area contributed by atoms with Crippen LogP contribution in [-0.2, 0) is 12.6 Å². The molecule has 0 bridgehead atoms. The molecule has 1 aromatic rings. The lowest BCUT2D eigenvalue weighted by Crippen LogP contribution is -2.35. The van der Waals surface area contributed by atoms with Gasteiger partial charge in [0.1, 0.15) is 0 Å². The molecule has 0 spiro atoms. The Hall–Kier alpha value is -0.760. The molecule has 13 heavy (non-hydrogen) atoms. The van der Waals surface area contributed by atoms with Crippen LogP contribution in [0.25, 0.3) is 0 Å². The van der Waals surface area contributed by atoms with Gasteiger partial charge in [-0.05, 0) is 31.4 Å². The Morgan fingerprint density at radius 3 is 2.46 bits per heavy atom. The van der Waals surface area contributed by atoms with Gasteiger partial charge in [-0.1, -0.05) is 12.8 Å². The SMILES string of the molecule is Cc1cc(C2(N)CCCC2)n(C)c1. The lowest BCUT2D eigenvalue weighted by atomic mass is 9.94. The third kappa shape index (κ3) is 1.39. The molecule has 1 aromatic heterocycles. The van der Waals surface area contributed by atoms with Gasteiger partial charge in [0.05, 0.1) is 5.54 Å². The zero-order valence-corrected chi connectivity index (χ0v) is 8.51. The summed E-state index contributed by atoms with van der Waals surface area (Å²) in [5.74, 6) is 0. The highest BCUT2D eigenvalue weighted by Gasteiger charge is 2.33. The van der Waals surface area contributed by atoms with Crippen molar-refractivity contribution in [3.63, 3.8) is 0 Å².